The van der Waals surface area contributed by atoms with Crippen molar-refractivity contribution in [2.24, 2.45) is 7.05 Å². The molecule has 28 heavy (non-hydrogen) atoms. The molecule has 1 N–H and O–H groups in total. The first-order valence-corrected chi connectivity index (χ1v) is 9.67. The summed E-state index contributed by atoms with van der Waals surface area (Å²) >= 11 is 0. The molecule has 3 aromatic rings. The minimum absolute atomic E-state index is 0.0635. The molecule has 2 aliphatic heterocycles. The molecule has 0 saturated carbocycles. The van der Waals surface area contributed by atoms with Gasteiger partial charge in [-0.25, -0.2) is 9.78 Å². The van der Waals surface area contributed by atoms with Crippen molar-refractivity contribution in [2.75, 3.05) is 18.5 Å². The third-order valence-corrected chi connectivity index (χ3v) is 5.58. The van der Waals surface area contributed by atoms with E-state index in [1.165, 1.54) is 5.56 Å². The van der Waals surface area contributed by atoms with Gasteiger partial charge < -0.3 is 14.8 Å². The van der Waals surface area contributed by atoms with E-state index in [2.05, 4.69) is 21.4 Å². The number of nitrogens with zero attached hydrogens (tertiary/aromatic N) is 4. The number of aromatic nitrogens is 4. The highest BCUT2D eigenvalue weighted by molar-refractivity contribution is 5.73. The lowest BCUT2D eigenvalue weighted by Crippen LogP contribution is -2.27. The number of ether oxygens (including phenoxy) is 2. The number of hydrogen-bond donors (Lipinski definition) is 1. The Labute approximate surface area is 162 Å². The molecule has 0 aliphatic carbocycles. The highest BCUT2D eigenvalue weighted by Gasteiger charge is 2.21. The highest BCUT2D eigenvalue weighted by atomic mass is 16.5. The SMILES string of the molecule is Cc1cc2c(cc1Nc1ncc3c(n1)n(CC1CCCO1)c(=O)n3C)CCO2. The molecule has 8 heteroatoms. The quantitative estimate of drug-likeness (QED) is 0.747. The van der Waals surface area contributed by atoms with Crippen LogP contribution in [0.5, 0.6) is 5.75 Å². The molecule has 0 radical (unpaired) electrons. The molecule has 4 heterocycles. The number of fused-ring (bicyclic) bond motifs is 2. The maximum atomic E-state index is 12.7. The van der Waals surface area contributed by atoms with E-state index in [0.717, 1.165) is 49.5 Å². The zero-order valence-corrected chi connectivity index (χ0v) is 16.1. The second-order valence-electron chi connectivity index (χ2n) is 7.49. The maximum absolute atomic E-state index is 12.7. The van der Waals surface area contributed by atoms with Crippen LogP contribution in [0.3, 0.4) is 0 Å². The lowest BCUT2D eigenvalue weighted by atomic mass is 10.1. The number of anilines is 2. The van der Waals surface area contributed by atoms with Crippen LogP contribution in [-0.4, -0.2) is 38.4 Å². The minimum Gasteiger partial charge on any atom is -0.493 e. The Kier molecular flexibility index (Phi) is 4.08. The Morgan fingerprint density at radius 2 is 2.21 bits per heavy atom. The Balaban J connectivity index is 1.51. The van der Waals surface area contributed by atoms with Crippen molar-refractivity contribution >= 4 is 22.8 Å². The molecule has 1 unspecified atom stereocenters. The van der Waals surface area contributed by atoms with Crippen LogP contribution in [0.25, 0.3) is 11.2 Å². The first-order valence-electron chi connectivity index (χ1n) is 9.67. The van der Waals surface area contributed by atoms with E-state index in [1.54, 1.807) is 22.4 Å². The maximum Gasteiger partial charge on any atom is 0.330 e. The molecule has 2 aliphatic rings. The molecule has 1 saturated heterocycles. The van der Waals surface area contributed by atoms with Crippen molar-refractivity contribution in [1.29, 1.82) is 0 Å². The number of benzene rings is 1. The molecule has 146 valence electrons. The van der Waals surface area contributed by atoms with E-state index < -0.39 is 0 Å². The number of rotatable bonds is 4. The van der Waals surface area contributed by atoms with E-state index in [0.29, 0.717) is 23.7 Å². The first kappa shape index (κ1) is 17.2. The van der Waals surface area contributed by atoms with Gasteiger partial charge in [0.1, 0.15) is 11.3 Å². The smallest absolute Gasteiger partial charge is 0.330 e. The van der Waals surface area contributed by atoms with Crippen LogP contribution >= 0.6 is 0 Å². The molecule has 1 atom stereocenters. The summed E-state index contributed by atoms with van der Waals surface area (Å²) in [5.41, 5.74) is 4.45. The lowest BCUT2D eigenvalue weighted by molar-refractivity contribution is 0.0969. The number of hydrogen-bond acceptors (Lipinski definition) is 6. The van der Waals surface area contributed by atoms with Gasteiger partial charge in [-0.15, -0.1) is 0 Å². The molecule has 2 aromatic heterocycles. The molecule has 0 spiro atoms. The molecule has 1 fully saturated rings. The van der Waals surface area contributed by atoms with Gasteiger partial charge in [0, 0.05) is 25.8 Å². The van der Waals surface area contributed by atoms with Gasteiger partial charge >= 0.3 is 5.69 Å². The molecule has 1 aromatic carbocycles. The van der Waals surface area contributed by atoms with Gasteiger partial charge in [0.25, 0.3) is 0 Å². The molecule has 0 amide bonds. The summed E-state index contributed by atoms with van der Waals surface area (Å²) in [6, 6.07) is 4.13. The molecule has 5 rings (SSSR count). The van der Waals surface area contributed by atoms with Crippen LogP contribution in [0.15, 0.2) is 23.1 Å². The Morgan fingerprint density at radius 1 is 1.32 bits per heavy atom. The topological polar surface area (TPSA) is 83.2 Å². The van der Waals surface area contributed by atoms with E-state index in [-0.39, 0.29) is 11.8 Å². The van der Waals surface area contributed by atoms with Crippen molar-refractivity contribution in [3.8, 4) is 5.75 Å². The van der Waals surface area contributed by atoms with Crippen molar-refractivity contribution in [3.05, 3.63) is 39.9 Å². The Hall–Kier alpha value is -2.87. The highest BCUT2D eigenvalue weighted by Crippen LogP contribution is 2.32. The molecular weight excluding hydrogens is 358 g/mol. The summed E-state index contributed by atoms with van der Waals surface area (Å²) in [5.74, 6) is 1.43. The second-order valence-corrected chi connectivity index (χ2v) is 7.49. The predicted molar refractivity (Wildman–Crippen MR) is 105 cm³/mol. The fourth-order valence-electron chi connectivity index (χ4n) is 3.98. The average molecular weight is 381 g/mol. The van der Waals surface area contributed by atoms with E-state index >= 15 is 0 Å². The third kappa shape index (κ3) is 2.84. The van der Waals surface area contributed by atoms with Crippen molar-refractivity contribution in [3.63, 3.8) is 0 Å². The zero-order chi connectivity index (χ0) is 19.3. The fraction of sp³-hybridized carbons (Fsp3) is 0.450. The standard InChI is InChI=1S/C20H23N5O3/c1-12-8-17-13(5-7-28-17)9-15(12)22-19-21-10-16-18(23-19)25(20(26)24(16)2)11-14-4-3-6-27-14/h8-10,14H,3-7,11H2,1-2H3,(H,21,22,23). The van der Waals surface area contributed by atoms with Crippen molar-refractivity contribution in [1.82, 2.24) is 19.1 Å². The normalized spacial score (nSPS) is 18.4. The second kappa shape index (κ2) is 6.63. The summed E-state index contributed by atoms with van der Waals surface area (Å²) in [5, 5.41) is 3.31. The predicted octanol–water partition coefficient (Wildman–Crippen LogP) is 2.30. The first-order chi connectivity index (χ1) is 13.6. The third-order valence-electron chi connectivity index (χ3n) is 5.58. The van der Waals surface area contributed by atoms with Crippen LogP contribution in [0.1, 0.15) is 24.0 Å². The summed E-state index contributed by atoms with van der Waals surface area (Å²) in [7, 11) is 1.75. The van der Waals surface area contributed by atoms with Crippen LogP contribution in [0.4, 0.5) is 11.6 Å². The lowest BCUT2D eigenvalue weighted by Gasteiger charge is -2.12. The Bertz CT molecular complexity index is 1110. The van der Waals surface area contributed by atoms with E-state index in [4.69, 9.17) is 9.47 Å². The van der Waals surface area contributed by atoms with Crippen LogP contribution in [-0.2, 0) is 24.8 Å². The van der Waals surface area contributed by atoms with Gasteiger partial charge in [0.05, 0.1) is 25.5 Å². The average Bonchev–Trinajstić information content (AvgIpc) is 3.40. The van der Waals surface area contributed by atoms with Crippen LogP contribution in [0.2, 0.25) is 0 Å². The number of imidazole rings is 1. The van der Waals surface area contributed by atoms with Gasteiger partial charge in [-0.3, -0.25) is 9.13 Å². The fourth-order valence-corrected chi connectivity index (χ4v) is 3.98. The Morgan fingerprint density at radius 3 is 3.04 bits per heavy atom. The van der Waals surface area contributed by atoms with E-state index in [1.807, 2.05) is 13.0 Å². The summed E-state index contributed by atoms with van der Waals surface area (Å²) in [6.45, 7) is 4.02. The minimum atomic E-state index is -0.0946. The van der Waals surface area contributed by atoms with Gasteiger partial charge in [-0.2, -0.15) is 4.98 Å². The van der Waals surface area contributed by atoms with Crippen LogP contribution < -0.4 is 15.7 Å². The summed E-state index contributed by atoms with van der Waals surface area (Å²) < 4.78 is 14.6. The van der Waals surface area contributed by atoms with Gasteiger partial charge in [0.15, 0.2) is 5.65 Å². The van der Waals surface area contributed by atoms with Crippen molar-refractivity contribution < 1.29 is 9.47 Å². The number of nitrogens with one attached hydrogen (secondary N) is 1. The largest absolute Gasteiger partial charge is 0.493 e. The van der Waals surface area contributed by atoms with Crippen LogP contribution in [0, 0.1) is 6.92 Å². The molecule has 8 nitrogen and oxygen atoms in total. The monoisotopic (exact) mass is 381 g/mol. The summed E-state index contributed by atoms with van der Waals surface area (Å²) in [6.07, 6.45) is 4.67. The summed E-state index contributed by atoms with van der Waals surface area (Å²) in [4.78, 5) is 21.8. The van der Waals surface area contributed by atoms with Gasteiger partial charge in [-0.1, -0.05) is 0 Å². The van der Waals surface area contributed by atoms with E-state index in [9.17, 15) is 4.79 Å². The molecule has 0 bridgehead atoms. The van der Waals surface area contributed by atoms with Gasteiger partial charge in [-0.05, 0) is 43.0 Å². The molecular formula is C20H23N5O3. The van der Waals surface area contributed by atoms with Gasteiger partial charge in [0.2, 0.25) is 5.95 Å². The number of aryl methyl sites for hydroxylation is 2. The van der Waals surface area contributed by atoms with Crippen molar-refractivity contribution in [2.45, 2.75) is 38.8 Å². The zero-order valence-electron chi connectivity index (χ0n) is 16.1.